The van der Waals surface area contributed by atoms with Gasteiger partial charge in [-0.15, -0.1) is 0 Å². The number of benzene rings is 2. The molecule has 0 N–H and O–H groups in total. The summed E-state index contributed by atoms with van der Waals surface area (Å²) in [7, 11) is 0. The summed E-state index contributed by atoms with van der Waals surface area (Å²) in [6.45, 7) is 2.47. The van der Waals surface area contributed by atoms with E-state index in [1.807, 2.05) is 55.5 Å². The number of fused-ring (bicyclic) bond motifs is 3. The fourth-order valence-electron chi connectivity index (χ4n) is 3.50. The SMILES string of the molecule is CCO[C@@H]1C=C2c3ccccc3O[C@@H]2C[C@@H]1C(=O)Oc1ccccc1. The molecule has 0 amide bonds. The van der Waals surface area contributed by atoms with E-state index in [9.17, 15) is 4.79 Å². The Hall–Kier alpha value is -2.59. The Kier molecular flexibility index (Phi) is 4.28. The number of hydrogen-bond donors (Lipinski definition) is 0. The second-order valence-corrected chi connectivity index (χ2v) is 6.22. The van der Waals surface area contributed by atoms with E-state index in [2.05, 4.69) is 0 Å². The van der Waals surface area contributed by atoms with Crippen LogP contribution >= 0.6 is 0 Å². The minimum absolute atomic E-state index is 0.123. The molecule has 25 heavy (non-hydrogen) atoms. The van der Waals surface area contributed by atoms with Crippen LogP contribution in [0.2, 0.25) is 0 Å². The third-order valence-electron chi connectivity index (χ3n) is 4.65. The van der Waals surface area contributed by atoms with Crippen molar-refractivity contribution in [3.8, 4) is 11.5 Å². The molecule has 0 unspecified atom stereocenters. The summed E-state index contributed by atoms with van der Waals surface area (Å²) in [5.74, 6) is 0.752. The minimum Gasteiger partial charge on any atom is -0.485 e. The van der Waals surface area contributed by atoms with Crippen LogP contribution in [0.5, 0.6) is 11.5 Å². The van der Waals surface area contributed by atoms with Gasteiger partial charge in [0.05, 0.1) is 12.0 Å². The number of rotatable bonds is 4. The first kappa shape index (κ1) is 15.9. The smallest absolute Gasteiger partial charge is 0.317 e. The van der Waals surface area contributed by atoms with Crippen LogP contribution in [0.3, 0.4) is 0 Å². The van der Waals surface area contributed by atoms with Gasteiger partial charge in [0.2, 0.25) is 0 Å². The monoisotopic (exact) mass is 336 g/mol. The second kappa shape index (κ2) is 6.73. The molecule has 0 fully saturated rings. The number of hydrogen-bond acceptors (Lipinski definition) is 4. The molecule has 0 saturated carbocycles. The van der Waals surface area contributed by atoms with Gasteiger partial charge in [-0.05, 0) is 31.2 Å². The number of para-hydroxylation sites is 2. The lowest BCUT2D eigenvalue weighted by Crippen LogP contribution is -2.39. The maximum Gasteiger partial charge on any atom is 0.317 e. The Morgan fingerprint density at radius 3 is 2.68 bits per heavy atom. The zero-order valence-corrected chi connectivity index (χ0v) is 14.1. The molecule has 1 heterocycles. The number of carbonyl (C=O) groups is 1. The molecule has 0 radical (unpaired) electrons. The number of ether oxygens (including phenoxy) is 3. The predicted molar refractivity (Wildman–Crippen MR) is 94.4 cm³/mol. The van der Waals surface area contributed by atoms with E-state index < -0.39 is 0 Å². The van der Waals surface area contributed by atoms with Crippen molar-refractivity contribution in [1.29, 1.82) is 0 Å². The van der Waals surface area contributed by atoms with Crippen molar-refractivity contribution in [1.82, 2.24) is 0 Å². The van der Waals surface area contributed by atoms with Gasteiger partial charge in [-0.2, -0.15) is 0 Å². The molecule has 3 atom stereocenters. The van der Waals surface area contributed by atoms with Crippen LogP contribution in [0, 0.1) is 5.92 Å². The first-order valence-corrected chi connectivity index (χ1v) is 8.62. The highest BCUT2D eigenvalue weighted by Gasteiger charge is 2.42. The van der Waals surface area contributed by atoms with E-state index in [-0.39, 0.29) is 24.1 Å². The Bertz CT molecular complexity index is 797. The Morgan fingerprint density at radius 1 is 1.12 bits per heavy atom. The summed E-state index contributed by atoms with van der Waals surface area (Å²) in [5.41, 5.74) is 2.20. The first-order chi connectivity index (χ1) is 12.3. The maximum absolute atomic E-state index is 12.7. The fraction of sp³-hybridized carbons (Fsp3) is 0.286. The van der Waals surface area contributed by atoms with Crippen LogP contribution in [0.25, 0.3) is 5.57 Å². The van der Waals surface area contributed by atoms with E-state index in [1.165, 1.54) is 0 Å². The summed E-state index contributed by atoms with van der Waals surface area (Å²) in [6, 6.07) is 17.1. The molecule has 2 aromatic carbocycles. The highest BCUT2D eigenvalue weighted by molar-refractivity contribution is 5.83. The van der Waals surface area contributed by atoms with Gasteiger partial charge < -0.3 is 14.2 Å². The molecule has 128 valence electrons. The summed E-state index contributed by atoms with van der Waals surface area (Å²) in [4.78, 5) is 12.7. The van der Waals surface area contributed by atoms with E-state index >= 15 is 0 Å². The van der Waals surface area contributed by atoms with Gasteiger partial charge in [-0.3, -0.25) is 4.79 Å². The lowest BCUT2D eigenvalue weighted by molar-refractivity contribution is -0.144. The highest BCUT2D eigenvalue weighted by atomic mass is 16.5. The normalized spacial score (nSPS) is 23.9. The van der Waals surface area contributed by atoms with Gasteiger partial charge in [0.25, 0.3) is 0 Å². The first-order valence-electron chi connectivity index (χ1n) is 8.62. The summed E-state index contributed by atoms with van der Waals surface area (Å²) in [5, 5.41) is 0. The van der Waals surface area contributed by atoms with Crippen LogP contribution in [-0.4, -0.2) is 24.8 Å². The van der Waals surface area contributed by atoms with Crippen molar-refractivity contribution in [3.05, 3.63) is 66.2 Å². The summed E-state index contributed by atoms with van der Waals surface area (Å²) in [6.07, 6.45) is 2.15. The summed E-state index contributed by atoms with van der Waals surface area (Å²) < 4.78 is 17.4. The lowest BCUT2D eigenvalue weighted by atomic mass is 9.83. The zero-order chi connectivity index (χ0) is 17.2. The standard InChI is InChI=1S/C21H20O4/c1-2-23-19-12-16-15-10-6-7-11-18(15)25-20(16)13-17(19)21(22)24-14-8-4-3-5-9-14/h3-12,17,19-20H,2,13H2,1H3/t17-,19+,20+/m0/s1. The fourth-order valence-corrected chi connectivity index (χ4v) is 3.50. The third-order valence-corrected chi connectivity index (χ3v) is 4.65. The molecule has 4 heteroatoms. The minimum atomic E-state index is -0.386. The predicted octanol–water partition coefficient (Wildman–Crippen LogP) is 3.86. The quantitative estimate of drug-likeness (QED) is 0.628. The topological polar surface area (TPSA) is 44.8 Å². The molecule has 4 rings (SSSR count). The van der Waals surface area contributed by atoms with Gasteiger partial charge in [-0.25, -0.2) is 0 Å². The number of carbonyl (C=O) groups excluding carboxylic acids is 1. The van der Waals surface area contributed by atoms with Crippen LogP contribution in [0.15, 0.2) is 60.7 Å². The van der Waals surface area contributed by atoms with Crippen LogP contribution in [0.4, 0.5) is 0 Å². The molecule has 1 aliphatic carbocycles. The van der Waals surface area contributed by atoms with E-state index in [0.29, 0.717) is 18.8 Å². The van der Waals surface area contributed by atoms with Crippen molar-refractivity contribution >= 4 is 11.5 Å². The van der Waals surface area contributed by atoms with Gasteiger partial charge >= 0.3 is 5.97 Å². The van der Waals surface area contributed by atoms with Crippen molar-refractivity contribution in [2.45, 2.75) is 25.6 Å². The highest BCUT2D eigenvalue weighted by Crippen LogP contribution is 2.44. The molecule has 0 bridgehead atoms. The van der Waals surface area contributed by atoms with Crippen LogP contribution in [0.1, 0.15) is 18.9 Å². The molecule has 2 aliphatic rings. The lowest BCUT2D eigenvalue weighted by Gasteiger charge is -2.30. The van der Waals surface area contributed by atoms with E-state index in [0.717, 1.165) is 16.9 Å². The molecule has 0 aromatic heterocycles. The molecule has 0 spiro atoms. The average Bonchev–Trinajstić information content (AvgIpc) is 3.00. The molecule has 2 aromatic rings. The average molecular weight is 336 g/mol. The molecular weight excluding hydrogens is 316 g/mol. The molecule has 4 nitrogen and oxygen atoms in total. The number of esters is 1. The van der Waals surface area contributed by atoms with Crippen LogP contribution < -0.4 is 9.47 Å². The third kappa shape index (κ3) is 3.05. The molecule has 1 aliphatic heterocycles. The van der Waals surface area contributed by atoms with Gasteiger partial charge in [-0.1, -0.05) is 36.4 Å². The Morgan fingerprint density at radius 2 is 1.88 bits per heavy atom. The van der Waals surface area contributed by atoms with Crippen LogP contribution in [-0.2, 0) is 9.53 Å². The van der Waals surface area contributed by atoms with Crippen molar-refractivity contribution in [3.63, 3.8) is 0 Å². The zero-order valence-electron chi connectivity index (χ0n) is 14.1. The van der Waals surface area contributed by atoms with Crippen molar-refractivity contribution in [2.75, 3.05) is 6.61 Å². The van der Waals surface area contributed by atoms with E-state index in [1.54, 1.807) is 12.1 Å². The summed E-state index contributed by atoms with van der Waals surface area (Å²) >= 11 is 0. The largest absolute Gasteiger partial charge is 0.485 e. The Labute approximate surface area is 147 Å². The van der Waals surface area contributed by atoms with Gasteiger partial charge in [0, 0.05) is 24.2 Å². The maximum atomic E-state index is 12.7. The van der Waals surface area contributed by atoms with E-state index in [4.69, 9.17) is 14.2 Å². The van der Waals surface area contributed by atoms with Gasteiger partial charge in [0.15, 0.2) is 0 Å². The van der Waals surface area contributed by atoms with Crippen molar-refractivity contribution in [2.24, 2.45) is 5.92 Å². The van der Waals surface area contributed by atoms with Crippen molar-refractivity contribution < 1.29 is 19.0 Å². The molecular formula is C21H20O4. The van der Waals surface area contributed by atoms with Gasteiger partial charge in [0.1, 0.15) is 17.6 Å². The second-order valence-electron chi connectivity index (χ2n) is 6.22. The Balaban J connectivity index is 1.59. The molecule has 0 saturated heterocycles.